The zero-order valence-electron chi connectivity index (χ0n) is 27.8. The fourth-order valence-corrected chi connectivity index (χ4v) is 4.95. The molecule has 0 saturated carbocycles. The fraction of sp³-hybridized carbons (Fsp3) is 0.838. The Hall–Kier alpha value is -1.62. The lowest BCUT2D eigenvalue weighted by molar-refractivity contribution is -0.161. The van der Waals surface area contributed by atoms with Crippen LogP contribution in [-0.4, -0.2) is 36.4 Å². The minimum absolute atomic E-state index is 0.0695. The van der Waals surface area contributed by atoms with Gasteiger partial charge >= 0.3 is 11.9 Å². The lowest BCUT2D eigenvalue weighted by Crippen LogP contribution is -2.28. The first kappa shape index (κ1) is 40.4. The van der Waals surface area contributed by atoms with E-state index in [4.69, 9.17) is 9.47 Å². The number of carbonyl (C=O) groups excluding carboxylic acids is 2. The Morgan fingerprint density at radius 2 is 0.881 bits per heavy atom. The third kappa shape index (κ3) is 31.3. The Morgan fingerprint density at radius 1 is 0.524 bits per heavy atom. The van der Waals surface area contributed by atoms with E-state index in [-0.39, 0.29) is 25.2 Å². The lowest BCUT2D eigenvalue weighted by Gasteiger charge is -2.15. The van der Waals surface area contributed by atoms with E-state index in [1.165, 1.54) is 109 Å². The van der Waals surface area contributed by atoms with Gasteiger partial charge in [-0.2, -0.15) is 0 Å². The van der Waals surface area contributed by atoms with Crippen LogP contribution in [0, 0.1) is 0 Å². The Bertz CT molecular complexity index is 642. The third-order valence-corrected chi connectivity index (χ3v) is 7.72. The van der Waals surface area contributed by atoms with Gasteiger partial charge in [-0.3, -0.25) is 9.59 Å². The summed E-state index contributed by atoms with van der Waals surface area (Å²) >= 11 is 0. The van der Waals surface area contributed by atoms with Crippen LogP contribution in [0.3, 0.4) is 0 Å². The number of rotatable bonds is 32. The van der Waals surface area contributed by atoms with Crippen molar-refractivity contribution in [2.45, 2.75) is 187 Å². The maximum atomic E-state index is 12.1. The molecule has 42 heavy (non-hydrogen) atoms. The molecule has 0 saturated heterocycles. The van der Waals surface area contributed by atoms with E-state index in [9.17, 15) is 14.7 Å². The molecule has 0 aromatic carbocycles. The molecule has 5 nitrogen and oxygen atoms in total. The average molecular weight is 593 g/mol. The summed E-state index contributed by atoms with van der Waals surface area (Å²) in [6.07, 6.45) is 38.0. The van der Waals surface area contributed by atoms with Crippen LogP contribution in [0.5, 0.6) is 0 Å². The van der Waals surface area contributed by atoms with Gasteiger partial charge in [-0.15, -0.1) is 0 Å². The SMILES string of the molecule is CCCCCCC=CCCCCCCCCCC(=O)O[C@@H](CO)COC(=O)CCCCCCCC=CCCCCCC. The number of hydrogen-bond donors (Lipinski definition) is 1. The first-order valence-electron chi connectivity index (χ1n) is 17.9. The number of allylic oxidation sites excluding steroid dienone is 4. The zero-order valence-corrected chi connectivity index (χ0v) is 27.8. The van der Waals surface area contributed by atoms with E-state index in [0.29, 0.717) is 12.8 Å². The van der Waals surface area contributed by atoms with Gasteiger partial charge in [0.05, 0.1) is 6.61 Å². The monoisotopic (exact) mass is 593 g/mol. The molecule has 0 aromatic heterocycles. The summed E-state index contributed by atoms with van der Waals surface area (Å²) in [5, 5.41) is 9.51. The van der Waals surface area contributed by atoms with Crippen LogP contribution in [0.15, 0.2) is 24.3 Å². The Kier molecular flexibility index (Phi) is 32.6. The summed E-state index contributed by atoms with van der Waals surface area (Å²) in [5.74, 6) is -0.605. The van der Waals surface area contributed by atoms with Gasteiger partial charge < -0.3 is 14.6 Å². The molecule has 0 heterocycles. The van der Waals surface area contributed by atoms with Crippen molar-refractivity contribution in [2.24, 2.45) is 0 Å². The summed E-state index contributed by atoms with van der Waals surface area (Å²) in [7, 11) is 0. The maximum absolute atomic E-state index is 12.1. The van der Waals surface area contributed by atoms with Crippen molar-refractivity contribution in [3.63, 3.8) is 0 Å². The first-order chi connectivity index (χ1) is 20.6. The highest BCUT2D eigenvalue weighted by atomic mass is 16.6. The standard InChI is InChI=1S/C37H68O5/c1-3-5-7-9-11-13-15-17-18-20-22-24-26-28-30-32-37(40)42-35(33-38)34-41-36(39)31-29-27-25-23-21-19-16-14-12-10-8-6-4-2/h13-16,35,38H,3-12,17-34H2,1-2H3/t35-/m0/s1. The molecule has 0 radical (unpaired) electrons. The van der Waals surface area contributed by atoms with Gasteiger partial charge in [-0.1, -0.05) is 128 Å². The summed E-state index contributed by atoms with van der Waals surface area (Å²) in [6.45, 7) is 4.09. The largest absolute Gasteiger partial charge is 0.462 e. The molecule has 0 rings (SSSR count). The molecule has 0 aliphatic rings. The molecular formula is C37H68O5. The van der Waals surface area contributed by atoms with Crippen molar-refractivity contribution in [2.75, 3.05) is 13.2 Å². The van der Waals surface area contributed by atoms with Crippen molar-refractivity contribution in [1.82, 2.24) is 0 Å². The summed E-state index contributed by atoms with van der Waals surface area (Å²) in [4.78, 5) is 24.1. The second kappa shape index (κ2) is 33.9. The number of hydrogen-bond acceptors (Lipinski definition) is 5. The van der Waals surface area contributed by atoms with E-state index in [1.54, 1.807) is 0 Å². The first-order valence-corrected chi connectivity index (χ1v) is 17.9. The highest BCUT2D eigenvalue weighted by Gasteiger charge is 2.16. The van der Waals surface area contributed by atoms with Crippen LogP contribution >= 0.6 is 0 Å². The average Bonchev–Trinajstić information content (AvgIpc) is 2.99. The fourth-order valence-electron chi connectivity index (χ4n) is 4.95. The molecule has 0 fully saturated rings. The minimum atomic E-state index is -0.772. The van der Waals surface area contributed by atoms with Crippen LogP contribution in [0.1, 0.15) is 181 Å². The second-order valence-electron chi connectivity index (χ2n) is 11.9. The van der Waals surface area contributed by atoms with Gasteiger partial charge in [-0.05, 0) is 64.2 Å². The highest BCUT2D eigenvalue weighted by Crippen LogP contribution is 2.12. The van der Waals surface area contributed by atoms with E-state index in [1.807, 2.05) is 0 Å². The van der Waals surface area contributed by atoms with Crippen LogP contribution in [0.2, 0.25) is 0 Å². The van der Waals surface area contributed by atoms with Crippen molar-refractivity contribution in [3.8, 4) is 0 Å². The predicted octanol–water partition coefficient (Wildman–Crippen LogP) is 10.7. The molecule has 0 bridgehead atoms. The maximum Gasteiger partial charge on any atom is 0.306 e. The van der Waals surface area contributed by atoms with Gasteiger partial charge in [0, 0.05) is 12.8 Å². The summed E-state index contributed by atoms with van der Waals surface area (Å²) in [5.41, 5.74) is 0. The minimum Gasteiger partial charge on any atom is -0.462 e. The van der Waals surface area contributed by atoms with E-state index < -0.39 is 6.10 Å². The van der Waals surface area contributed by atoms with Crippen LogP contribution < -0.4 is 0 Å². The molecule has 246 valence electrons. The summed E-state index contributed by atoms with van der Waals surface area (Å²) < 4.78 is 10.6. The van der Waals surface area contributed by atoms with Crippen molar-refractivity contribution in [3.05, 3.63) is 24.3 Å². The normalized spacial score (nSPS) is 12.4. The molecule has 0 unspecified atom stereocenters. The van der Waals surface area contributed by atoms with Crippen LogP contribution in [-0.2, 0) is 19.1 Å². The van der Waals surface area contributed by atoms with Gasteiger partial charge in [0.1, 0.15) is 6.61 Å². The molecule has 1 N–H and O–H groups in total. The van der Waals surface area contributed by atoms with Crippen LogP contribution in [0.4, 0.5) is 0 Å². The molecule has 1 atom stereocenters. The summed E-state index contributed by atoms with van der Waals surface area (Å²) in [6, 6.07) is 0. The van der Waals surface area contributed by atoms with E-state index >= 15 is 0 Å². The zero-order chi connectivity index (χ0) is 30.8. The molecule has 0 aliphatic carbocycles. The highest BCUT2D eigenvalue weighted by molar-refractivity contribution is 5.70. The van der Waals surface area contributed by atoms with Gasteiger partial charge in [-0.25, -0.2) is 0 Å². The van der Waals surface area contributed by atoms with Gasteiger partial charge in [0.25, 0.3) is 0 Å². The number of aliphatic hydroxyl groups excluding tert-OH is 1. The quantitative estimate of drug-likeness (QED) is 0.0478. The van der Waals surface area contributed by atoms with Crippen LogP contribution in [0.25, 0.3) is 0 Å². The third-order valence-electron chi connectivity index (χ3n) is 7.72. The van der Waals surface area contributed by atoms with Gasteiger partial charge in [0.15, 0.2) is 6.10 Å². The molecular weight excluding hydrogens is 524 g/mol. The van der Waals surface area contributed by atoms with Gasteiger partial charge in [0.2, 0.25) is 0 Å². The van der Waals surface area contributed by atoms with Crippen molar-refractivity contribution < 1.29 is 24.2 Å². The number of ether oxygens (including phenoxy) is 2. The lowest BCUT2D eigenvalue weighted by atomic mass is 10.1. The molecule has 0 aromatic rings. The number of aliphatic hydroxyl groups is 1. The number of esters is 2. The molecule has 0 amide bonds. The van der Waals surface area contributed by atoms with E-state index in [0.717, 1.165) is 44.9 Å². The van der Waals surface area contributed by atoms with Crippen molar-refractivity contribution >= 4 is 11.9 Å². The smallest absolute Gasteiger partial charge is 0.306 e. The predicted molar refractivity (Wildman–Crippen MR) is 178 cm³/mol. The van der Waals surface area contributed by atoms with E-state index in [2.05, 4.69) is 38.2 Å². The molecule has 0 aliphatic heterocycles. The Morgan fingerprint density at radius 3 is 1.29 bits per heavy atom. The number of unbranched alkanes of at least 4 members (excludes halogenated alkanes) is 20. The van der Waals surface area contributed by atoms with Crippen molar-refractivity contribution in [1.29, 1.82) is 0 Å². The molecule has 0 spiro atoms. The Labute approximate surface area is 260 Å². The second-order valence-corrected chi connectivity index (χ2v) is 11.9. The topological polar surface area (TPSA) is 72.8 Å². The number of carbonyl (C=O) groups is 2. The Balaban J connectivity index is 3.58. The molecule has 5 heteroatoms.